The lowest BCUT2D eigenvalue weighted by molar-refractivity contribution is -0.132. The molecule has 0 saturated carbocycles. The highest BCUT2D eigenvalue weighted by Crippen LogP contribution is 2.23. The second-order valence-electron chi connectivity index (χ2n) is 6.22. The van der Waals surface area contributed by atoms with Crippen LogP contribution in [0.3, 0.4) is 0 Å². The Hall–Kier alpha value is -1.46. The topological polar surface area (TPSA) is 45.2 Å². The molecule has 1 atom stereocenters. The molecule has 1 N–H and O–H groups in total. The summed E-state index contributed by atoms with van der Waals surface area (Å²) >= 11 is 1.77. The number of hydrogen-bond acceptors (Lipinski definition) is 4. The van der Waals surface area contributed by atoms with Gasteiger partial charge in [-0.15, -0.1) is 11.3 Å². The predicted molar refractivity (Wildman–Crippen MR) is 95.8 cm³/mol. The Morgan fingerprint density at radius 3 is 3.09 bits per heavy atom. The molecule has 1 fully saturated rings. The van der Waals surface area contributed by atoms with Crippen LogP contribution in [0.1, 0.15) is 37.1 Å². The number of aryl methyl sites for hydroxylation is 1. The molecule has 124 valence electrons. The van der Waals surface area contributed by atoms with E-state index in [9.17, 15) is 4.79 Å². The monoisotopic (exact) mass is 331 g/mol. The van der Waals surface area contributed by atoms with E-state index in [1.165, 1.54) is 9.71 Å². The number of unbranched alkanes of at least 4 members (excludes halogenated alkanes) is 1. The molecule has 1 amide bonds. The molecule has 1 aliphatic rings. The molecule has 2 heterocycles. The molecule has 5 heteroatoms. The van der Waals surface area contributed by atoms with Gasteiger partial charge in [0.2, 0.25) is 5.91 Å². The number of aromatic nitrogens is 1. The van der Waals surface area contributed by atoms with E-state index in [1.807, 2.05) is 13.1 Å². The van der Waals surface area contributed by atoms with Crippen LogP contribution in [0.5, 0.6) is 0 Å². The number of likely N-dealkylation sites (tertiary alicyclic amines) is 1. The van der Waals surface area contributed by atoms with Gasteiger partial charge >= 0.3 is 0 Å². The van der Waals surface area contributed by atoms with Crippen LogP contribution in [-0.4, -0.2) is 42.0 Å². The number of benzene rings is 1. The lowest BCUT2D eigenvalue weighted by Crippen LogP contribution is -2.40. The van der Waals surface area contributed by atoms with Gasteiger partial charge in [-0.1, -0.05) is 12.1 Å². The fourth-order valence-electron chi connectivity index (χ4n) is 3.33. The summed E-state index contributed by atoms with van der Waals surface area (Å²) in [6.07, 6.45) is 5.92. The van der Waals surface area contributed by atoms with Gasteiger partial charge in [0.1, 0.15) is 0 Å². The van der Waals surface area contributed by atoms with Crippen LogP contribution in [0.2, 0.25) is 0 Å². The number of likely N-dealkylation sites (N-methyl/N-ethyl adjacent to an activating group) is 1. The Morgan fingerprint density at radius 1 is 1.39 bits per heavy atom. The summed E-state index contributed by atoms with van der Waals surface area (Å²) in [5, 5.41) is 4.38. The molecule has 1 unspecified atom stereocenters. The molecular weight excluding hydrogens is 306 g/mol. The van der Waals surface area contributed by atoms with Crippen molar-refractivity contribution in [3.8, 4) is 0 Å². The first-order chi connectivity index (χ1) is 11.3. The second kappa shape index (κ2) is 7.88. The van der Waals surface area contributed by atoms with Gasteiger partial charge in [0.05, 0.1) is 15.2 Å². The Bertz CT molecular complexity index is 622. The minimum absolute atomic E-state index is 0.326. The molecule has 0 radical (unpaired) electrons. The summed E-state index contributed by atoms with van der Waals surface area (Å²) < 4.78 is 1.26. The first-order valence-corrected chi connectivity index (χ1v) is 9.38. The normalized spacial score (nSPS) is 18.0. The summed E-state index contributed by atoms with van der Waals surface area (Å²) in [4.78, 5) is 19.1. The fraction of sp³-hybridized carbons (Fsp3) is 0.556. The van der Waals surface area contributed by atoms with Crippen molar-refractivity contribution in [3.63, 3.8) is 0 Å². The van der Waals surface area contributed by atoms with Gasteiger partial charge in [-0.25, -0.2) is 4.98 Å². The van der Waals surface area contributed by atoms with Crippen LogP contribution in [-0.2, 0) is 11.2 Å². The second-order valence-corrected chi connectivity index (χ2v) is 7.34. The van der Waals surface area contributed by atoms with Gasteiger partial charge in [0, 0.05) is 25.6 Å². The van der Waals surface area contributed by atoms with E-state index in [4.69, 9.17) is 0 Å². The van der Waals surface area contributed by atoms with Crippen LogP contribution in [0.4, 0.5) is 0 Å². The summed E-state index contributed by atoms with van der Waals surface area (Å²) in [5.41, 5.74) is 1.09. The lowest BCUT2D eigenvalue weighted by atomic mass is 10.1. The number of nitrogens with zero attached hydrogens (tertiary/aromatic N) is 2. The SMILES string of the molecule is CNCC1CCCN1C(=O)CCCCc1nc2ccccc2s1. The molecular formula is C18H25N3OS. The Kier molecular flexibility index (Phi) is 5.62. The third-order valence-electron chi connectivity index (χ3n) is 4.51. The van der Waals surface area contributed by atoms with Gasteiger partial charge < -0.3 is 10.2 Å². The quantitative estimate of drug-likeness (QED) is 0.792. The number of carbonyl (C=O) groups excluding carboxylic acids is 1. The molecule has 1 saturated heterocycles. The van der Waals surface area contributed by atoms with Gasteiger partial charge in [0.25, 0.3) is 0 Å². The molecule has 4 nitrogen and oxygen atoms in total. The zero-order chi connectivity index (χ0) is 16.1. The fourth-order valence-corrected chi connectivity index (χ4v) is 4.34. The first-order valence-electron chi connectivity index (χ1n) is 8.56. The van der Waals surface area contributed by atoms with Crippen molar-refractivity contribution in [3.05, 3.63) is 29.3 Å². The van der Waals surface area contributed by atoms with Gasteiger partial charge in [0.15, 0.2) is 0 Å². The van der Waals surface area contributed by atoms with Crippen molar-refractivity contribution in [2.24, 2.45) is 0 Å². The summed E-state index contributed by atoms with van der Waals surface area (Å²) in [6.45, 7) is 1.85. The van der Waals surface area contributed by atoms with Crippen LogP contribution >= 0.6 is 11.3 Å². The van der Waals surface area contributed by atoms with Crippen molar-refractivity contribution in [2.75, 3.05) is 20.1 Å². The van der Waals surface area contributed by atoms with Crippen LogP contribution in [0.15, 0.2) is 24.3 Å². The molecule has 2 aromatic rings. The summed E-state index contributed by atoms with van der Waals surface area (Å²) in [5.74, 6) is 0.326. The smallest absolute Gasteiger partial charge is 0.222 e. The van der Waals surface area contributed by atoms with E-state index in [0.717, 1.165) is 50.7 Å². The highest BCUT2D eigenvalue weighted by atomic mass is 32.1. The number of thiazole rings is 1. The number of carbonyl (C=O) groups is 1. The van der Waals surface area contributed by atoms with Crippen LogP contribution in [0.25, 0.3) is 10.2 Å². The molecule has 0 bridgehead atoms. The number of para-hydroxylation sites is 1. The number of rotatable bonds is 7. The van der Waals surface area contributed by atoms with Crippen molar-refractivity contribution >= 4 is 27.5 Å². The average Bonchev–Trinajstić information content (AvgIpc) is 3.17. The Morgan fingerprint density at radius 2 is 2.26 bits per heavy atom. The molecule has 1 aromatic carbocycles. The predicted octanol–water partition coefficient (Wildman–Crippen LogP) is 3.22. The van der Waals surface area contributed by atoms with Crippen molar-refractivity contribution < 1.29 is 4.79 Å². The Labute approximate surface area is 141 Å². The minimum atomic E-state index is 0.326. The van der Waals surface area contributed by atoms with Crippen molar-refractivity contribution in [2.45, 2.75) is 44.6 Å². The first kappa shape index (κ1) is 16.4. The highest BCUT2D eigenvalue weighted by molar-refractivity contribution is 7.18. The maximum absolute atomic E-state index is 12.4. The van der Waals surface area contributed by atoms with Gasteiger partial charge in [-0.2, -0.15) is 0 Å². The third-order valence-corrected chi connectivity index (χ3v) is 5.60. The van der Waals surface area contributed by atoms with E-state index < -0.39 is 0 Å². The summed E-state index contributed by atoms with van der Waals surface area (Å²) in [6, 6.07) is 8.67. The maximum atomic E-state index is 12.4. The van der Waals surface area contributed by atoms with Crippen molar-refractivity contribution in [1.29, 1.82) is 0 Å². The maximum Gasteiger partial charge on any atom is 0.222 e. The van der Waals surface area contributed by atoms with E-state index in [-0.39, 0.29) is 0 Å². The lowest BCUT2D eigenvalue weighted by Gasteiger charge is -2.24. The number of amides is 1. The molecule has 0 aliphatic carbocycles. The molecule has 3 rings (SSSR count). The average molecular weight is 331 g/mol. The summed E-state index contributed by atoms with van der Waals surface area (Å²) in [7, 11) is 1.96. The van der Waals surface area contributed by atoms with Crippen LogP contribution in [0, 0.1) is 0 Å². The van der Waals surface area contributed by atoms with E-state index >= 15 is 0 Å². The zero-order valence-corrected chi connectivity index (χ0v) is 14.6. The van der Waals surface area contributed by atoms with Crippen LogP contribution < -0.4 is 5.32 Å². The van der Waals surface area contributed by atoms with E-state index in [0.29, 0.717) is 18.4 Å². The zero-order valence-electron chi connectivity index (χ0n) is 13.8. The highest BCUT2D eigenvalue weighted by Gasteiger charge is 2.27. The number of fused-ring (bicyclic) bond motifs is 1. The number of hydrogen-bond donors (Lipinski definition) is 1. The molecule has 0 spiro atoms. The van der Waals surface area contributed by atoms with Gasteiger partial charge in [-0.05, 0) is 51.3 Å². The third kappa shape index (κ3) is 4.09. The van der Waals surface area contributed by atoms with Crippen molar-refractivity contribution in [1.82, 2.24) is 15.2 Å². The standard InChI is InChI=1S/C18H25N3OS/c1-19-13-14-7-6-12-21(14)18(22)11-5-4-10-17-20-15-8-2-3-9-16(15)23-17/h2-3,8-9,14,19H,4-7,10-13H2,1H3. The largest absolute Gasteiger partial charge is 0.338 e. The van der Waals surface area contributed by atoms with Gasteiger partial charge in [-0.3, -0.25) is 4.79 Å². The molecule has 1 aliphatic heterocycles. The van der Waals surface area contributed by atoms with E-state index in [2.05, 4.69) is 33.4 Å². The molecule has 1 aromatic heterocycles. The minimum Gasteiger partial charge on any atom is -0.338 e. The molecule has 23 heavy (non-hydrogen) atoms. The Balaban J connectivity index is 1.43. The number of nitrogens with one attached hydrogen (secondary N) is 1. The van der Waals surface area contributed by atoms with E-state index in [1.54, 1.807) is 11.3 Å².